The van der Waals surface area contributed by atoms with Crippen molar-refractivity contribution >= 4 is 11.7 Å². The lowest BCUT2D eigenvalue weighted by Crippen LogP contribution is -2.35. The molecule has 1 aliphatic heterocycles. The zero-order chi connectivity index (χ0) is 16.1. The minimum Gasteiger partial charge on any atom is -0.391 e. The lowest BCUT2D eigenvalue weighted by Gasteiger charge is -2.15. The van der Waals surface area contributed by atoms with Crippen molar-refractivity contribution in [1.82, 2.24) is 10.6 Å². The van der Waals surface area contributed by atoms with Gasteiger partial charge in [-0.1, -0.05) is 19.1 Å². The van der Waals surface area contributed by atoms with E-state index in [1.807, 2.05) is 0 Å². The van der Waals surface area contributed by atoms with Crippen molar-refractivity contribution in [3.63, 3.8) is 0 Å². The van der Waals surface area contributed by atoms with Gasteiger partial charge in [0.2, 0.25) is 5.91 Å². The highest BCUT2D eigenvalue weighted by molar-refractivity contribution is 5.99. The molecule has 22 heavy (non-hydrogen) atoms. The maximum absolute atomic E-state index is 13.1. The molecule has 0 radical (unpaired) electrons. The topological polar surface area (TPSA) is 78.4 Å². The molecule has 0 aliphatic carbocycles. The first kappa shape index (κ1) is 16.6. The van der Waals surface area contributed by atoms with E-state index >= 15 is 0 Å². The molecule has 1 fully saturated rings. The Morgan fingerprint density at radius 1 is 1.45 bits per heavy atom. The number of amides is 1. The first-order chi connectivity index (χ1) is 10.5. The summed E-state index contributed by atoms with van der Waals surface area (Å²) in [6, 6.07) is 5.47. The van der Waals surface area contributed by atoms with Crippen molar-refractivity contribution in [2.24, 2.45) is 11.8 Å². The van der Waals surface area contributed by atoms with Gasteiger partial charge in [-0.25, -0.2) is 4.39 Å². The quantitative estimate of drug-likeness (QED) is 0.677. The Morgan fingerprint density at radius 2 is 2.23 bits per heavy atom. The summed E-state index contributed by atoms with van der Waals surface area (Å²) < 4.78 is 13.1. The number of hydrogen-bond acceptors (Lipinski definition) is 4. The first-order valence-corrected chi connectivity index (χ1v) is 7.42. The van der Waals surface area contributed by atoms with Crippen LogP contribution in [-0.4, -0.2) is 42.5 Å². The van der Waals surface area contributed by atoms with Crippen LogP contribution >= 0.6 is 0 Å². The predicted molar refractivity (Wildman–Crippen MR) is 79.9 cm³/mol. The number of hydrogen-bond donors (Lipinski definition) is 3. The maximum Gasteiger partial charge on any atom is 0.220 e. The van der Waals surface area contributed by atoms with Crippen molar-refractivity contribution in [3.8, 4) is 0 Å². The second-order valence-corrected chi connectivity index (χ2v) is 5.77. The van der Waals surface area contributed by atoms with Gasteiger partial charge in [0.05, 0.1) is 6.10 Å². The summed E-state index contributed by atoms with van der Waals surface area (Å²) in [5.74, 6) is -1.48. The number of β-amino-alcohol motifs (C(OH)–C–C–N with tert-alkyl or cyclic N) is 1. The molecule has 3 N–H and O–H groups in total. The van der Waals surface area contributed by atoms with Gasteiger partial charge in [0.15, 0.2) is 5.78 Å². The largest absolute Gasteiger partial charge is 0.391 e. The van der Waals surface area contributed by atoms with Crippen LogP contribution < -0.4 is 10.6 Å². The molecule has 0 spiro atoms. The van der Waals surface area contributed by atoms with Gasteiger partial charge in [-0.05, 0) is 12.1 Å². The molecule has 6 heteroatoms. The predicted octanol–water partition coefficient (Wildman–Crippen LogP) is 0.731. The van der Waals surface area contributed by atoms with Gasteiger partial charge >= 0.3 is 0 Å². The van der Waals surface area contributed by atoms with Crippen LogP contribution in [0.4, 0.5) is 4.39 Å². The zero-order valence-corrected chi connectivity index (χ0v) is 12.5. The third-order valence-electron chi connectivity index (χ3n) is 3.91. The number of aliphatic hydroxyl groups is 1. The Balaban J connectivity index is 1.81. The van der Waals surface area contributed by atoms with Gasteiger partial charge in [-0.2, -0.15) is 0 Å². The van der Waals surface area contributed by atoms with Gasteiger partial charge < -0.3 is 15.7 Å². The Bertz CT molecular complexity index is 550. The van der Waals surface area contributed by atoms with E-state index in [9.17, 15) is 19.1 Å². The summed E-state index contributed by atoms with van der Waals surface area (Å²) in [7, 11) is 0. The van der Waals surface area contributed by atoms with Gasteiger partial charge in [-0.3, -0.25) is 9.59 Å². The monoisotopic (exact) mass is 308 g/mol. The van der Waals surface area contributed by atoms with Gasteiger partial charge in [0.1, 0.15) is 5.82 Å². The number of ketones is 1. The summed E-state index contributed by atoms with van der Waals surface area (Å²) in [5, 5.41) is 15.4. The molecule has 2 rings (SSSR count). The van der Waals surface area contributed by atoms with Gasteiger partial charge in [0.25, 0.3) is 0 Å². The van der Waals surface area contributed by atoms with Crippen LogP contribution in [0.2, 0.25) is 0 Å². The molecule has 1 saturated heterocycles. The molecule has 3 unspecified atom stereocenters. The second-order valence-electron chi connectivity index (χ2n) is 5.77. The molecule has 0 bridgehead atoms. The van der Waals surface area contributed by atoms with Crippen molar-refractivity contribution in [2.45, 2.75) is 19.4 Å². The number of halogens is 1. The standard InChI is InChI=1S/C16H21FN2O3/c1-10(16(22)11-3-2-4-13(17)6-11)5-15(21)19-8-12-7-18-9-14(12)20/h2-4,6,10,12,14,18,20H,5,7-9H2,1H3,(H,19,21). The minimum atomic E-state index is -0.520. The van der Waals surface area contributed by atoms with Crippen molar-refractivity contribution in [3.05, 3.63) is 35.6 Å². The van der Waals surface area contributed by atoms with Crippen LogP contribution in [0.1, 0.15) is 23.7 Å². The van der Waals surface area contributed by atoms with Crippen LogP contribution in [-0.2, 0) is 4.79 Å². The van der Waals surface area contributed by atoms with Gasteiger partial charge in [0, 0.05) is 43.5 Å². The average Bonchev–Trinajstić information content (AvgIpc) is 2.89. The molecule has 1 aliphatic rings. The summed E-state index contributed by atoms with van der Waals surface area (Å²) in [4.78, 5) is 24.0. The lowest BCUT2D eigenvalue weighted by atomic mass is 9.96. The summed E-state index contributed by atoms with van der Waals surface area (Å²) in [6.45, 7) is 3.24. The van der Waals surface area contributed by atoms with E-state index in [0.29, 0.717) is 19.6 Å². The Kier molecular flexibility index (Phi) is 5.63. The summed E-state index contributed by atoms with van der Waals surface area (Å²) >= 11 is 0. The Hall–Kier alpha value is -1.79. The fourth-order valence-electron chi connectivity index (χ4n) is 2.54. The number of Topliss-reactive ketones (excluding diaryl/α,β-unsaturated/α-hetero) is 1. The Morgan fingerprint density at radius 3 is 2.86 bits per heavy atom. The molecule has 1 heterocycles. The summed E-state index contributed by atoms with van der Waals surface area (Å²) in [6.07, 6.45) is -0.405. The SMILES string of the molecule is CC(CC(=O)NCC1CNCC1O)C(=O)c1cccc(F)c1. The van der Waals surface area contributed by atoms with E-state index < -0.39 is 17.8 Å². The van der Waals surface area contributed by atoms with Crippen LogP contribution in [0.25, 0.3) is 0 Å². The summed E-state index contributed by atoms with van der Waals surface area (Å²) in [5.41, 5.74) is 0.274. The van der Waals surface area contributed by atoms with Crippen molar-refractivity contribution in [1.29, 1.82) is 0 Å². The third kappa shape index (κ3) is 4.35. The highest BCUT2D eigenvalue weighted by Gasteiger charge is 2.25. The highest BCUT2D eigenvalue weighted by atomic mass is 19.1. The number of rotatable bonds is 6. The van der Waals surface area contributed by atoms with Gasteiger partial charge in [-0.15, -0.1) is 0 Å². The molecule has 0 aromatic heterocycles. The number of benzene rings is 1. The molecule has 5 nitrogen and oxygen atoms in total. The fraction of sp³-hybridized carbons (Fsp3) is 0.500. The molecular formula is C16H21FN2O3. The molecule has 1 amide bonds. The zero-order valence-electron chi connectivity index (χ0n) is 12.5. The molecular weight excluding hydrogens is 287 g/mol. The molecule has 3 atom stereocenters. The number of aliphatic hydroxyl groups excluding tert-OH is 1. The lowest BCUT2D eigenvalue weighted by molar-refractivity contribution is -0.121. The fourth-order valence-corrected chi connectivity index (χ4v) is 2.54. The van der Waals surface area contributed by atoms with Crippen molar-refractivity contribution < 1.29 is 19.1 Å². The molecule has 0 saturated carbocycles. The van der Waals surface area contributed by atoms with Crippen LogP contribution in [0.3, 0.4) is 0 Å². The van der Waals surface area contributed by atoms with E-state index in [1.165, 1.54) is 18.2 Å². The van der Waals surface area contributed by atoms with Crippen molar-refractivity contribution in [2.75, 3.05) is 19.6 Å². The number of nitrogens with one attached hydrogen (secondary N) is 2. The maximum atomic E-state index is 13.1. The smallest absolute Gasteiger partial charge is 0.220 e. The molecule has 1 aromatic carbocycles. The molecule has 1 aromatic rings. The second kappa shape index (κ2) is 7.47. The number of carbonyl (C=O) groups is 2. The average molecular weight is 308 g/mol. The van der Waals surface area contributed by atoms with E-state index in [-0.39, 0.29) is 29.6 Å². The van der Waals surface area contributed by atoms with Crippen LogP contribution in [0.5, 0.6) is 0 Å². The van der Waals surface area contributed by atoms with E-state index in [2.05, 4.69) is 10.6 Å². The van der Waals surface area contributed by atoms with E-state index in [4.69, 9.17) is 0 Å². The van der Waals surface area contributed by atoms with Crippen LogP contribution in [0.15, 0.2) is 24.3 Å². The van der Waals surface area contributed by atoms with E-state index in [0.717, 1.165) is 0 Å². The minimum absolute atomic E-state index is 0.00169. The normalized spacial score (nSPS) is 22.3. The van der Waals surface area contributed by atoms with Crippen LogP contribution in [0, 0.1) is 17.7 Å². The highest BCUT2D eigenvalue weighted by Crippen LogP contribution is 2.14. The third-order valence-corrected chi connectivity index (χ3v) is 3.91. The molecule has 120 valence electrons. The Labute approximate surface area is 128 Å². The number of carbonyl (C=O) groups excluding carboxylic acids is 2. The first-order valence-electron chi connectivity index (χ1n) is 7.42. The van der Waals surface area contributed by atoms with E-state index in [1.54, 1.807) is 13.0 Å².